The van der Waals surface area contributed by atoms with E-state index in [0.717, 1.165) is 0 Å². The number of carbonyl (C=O) groups excluding carboxylic acids is 1. The summed E-state index contributed by atoms with van der Waals surface area (Å²) in [6.07, 6.45) is 3.39. The van der Waals surface area contributed by atoms with Crippen LogP contribution in [0.3, 0.4) is 0 Å². The third kappa shape index (κ3) is 3.55. The molecule has 76 valence electrons. The lowest BCUT2D eigenvalue weighted by Gasteiger charge is -2.04. The number of rotatable bonds is 3. The molecule has 0 aliphatic rings. The minimum atomic E-state index is -0.0881. The SMILES string of the molecule is CSCC(=O)Nc1ncc(Br)nc1Br. The molecule has 0 aliphatic heterocycles. The standard InChI is InChI=1S/C7H7Br2N3OS/c1-14-3-5(13)12-7-6(9)11-4(8)2-10-7/h2H,3H2,1H3,(H,10,12,13). The first-order chi connectivity index (χ1) is 6.63. The summed E-state index contributed by atoms with van der Waals surface area (Å²) < 4.78 is 1.13. The van der Waals surface area contributed by atoms with Crippen molar-refractivity contribution in [2.24, 2.45) is 0 Å². The average Bonchev–Trinajstić information content (AvgIpc) is 2.10. The second kappa shape index (κ2) is 5.67. The van der Waals surface area contributed by atoms with Crippen LogP contribution in [0.4, 0.5) is 5.82 Å². The molecule has 1 rings (SSSR count). The van der Waals surface area contributed by atoms with E-state index in [0.29, 0.717) is 20.8 Å². The van der Waals surface area contributed by atoms with Crippen molar-refractivity contribution in [3.8, 4) is 0 Å². The van der Waals surface area contributed by atoms with Crippen LogP contribution < -0.4 is 5.32 Å². The number of nitrogens with zero attached hydrogens (tertiary/aromatic N) is 2. The van der Waals surface area contributed by atoms with Gasteiger partial charge < -0.3 is 5.32 Å². The molecule has 0 atom stereocenters. The molecule has 0 saturated heterocycles. The van der Waals surface area contributed by atoms with Crippen LogP contribution in [-0.2, 0) is 4.79 Å². The van der Waals surface area contributed by atoms with E-state index in [-0.39, 0.29) is 5.91 Å². The number of aromatic nitrogens is 2. The van der Waals surface area contributed by atoms with Crippen LogP contribution in [0, 0.1) is 0 Å². The fraction of sp³-hybridized carbons (Fsp3) is 0.286. The number of anilines is 1. The molecule has 0 fully saturated rings. The van der Waals surface area contributed by atoms with Gasteiger partial charge in [-0.25, -0.2) is 9.97 Å². The molecule has 0 spiro atoms. The average molecular weight is 341 g/mol. The lowest BCUT2D eigenvalue weighted by atomic mass is 10.6. The Bertz CT molecular complexity index is 348. The van der Waals surface area contributed by atoms with Gasteiger partial charge in [0.2, 0.25) is 5.91 Å². The normalized spacial score (nSPS) is 9.93. The molecule has 1 amide bonds. The van der Waals surface area contributed by atoms with Crippen LogP contribution in [-0.4, -0.2) is 27.9 Å². The molecule has 0 aliphatic carbocycles. The van der Waals surface area contributed by atoms with E-state index in [1.165, 1.54) is 18.0 Å². The third-order valence-electron chi connectivity index (χ3n) is 1.23. The summed E-state index contributed by atoms with van der Waals surface area (Å²) in [6, 6.07) is 0. The highest BCUT2D eigenvalue weighted by Gasteiger charge is 2.07. The van der Waals surface area contributed by atoms with Gasteiger partial charge in [0.25, 0.3) is 0 Å². The van der Waals surface area contributed by atoms with E-state index in [1.54, 1.807) is 0 Å². The first kappa shape index (κ1) is 11.9. The maximum atomic E-state index is 11.2. The molecular weight excluding hydrogens is 334 g/mol. The molecule has 0 radical (unpaired) electrons. The second-order valence-electron chi connectivity index (χ2n) is 2.31. The molecule has 1 heterocycles. The van der Waals surface area contributed by atoms with Gasteiger partial charge in [-0.15, -0.1) is 0 Å². The van der Waals surface area contributed by atoms with Crippen LogP contribution in [0.25, 0.3) is 0 Å². The fourth-order valence-corrected chi connectivity index (χ4v) is 1.97. The summed E-state index contributed by atoms with van der Waals surface area (Å²) in [4.78, 5) is 19.3. The predicted molar refractivity (Wildman–Crippen MR) is 64.4 cm³/mol. The molecule has 1 aromatic heterocycles. The lowest BCUT2D eigenvalue weighted by molar-refractivity contribution is -0.113. The number of hydrogen-bond acceptors (Lipinski definition) is 4. The van der Waals surface area contributed by atoms with Crippen LogP contribution in [0.1, 0.15) is 0 Å². The second-order valence-corrected chi connectivity index (χ2v) is 4.74. The van der Waals surface area contributed by atoms with Crippen molar-refractivity contribution >= 4 is 55.3 Å². The Balaban J connectivity index is 2.72. The fourth-order valence-electron chi connectivity index (χ4n) is 0.730. The number of hydrogen-bond donors (Lipinski definition) is 1. The van der Waals surface area contributed by atoms with Gasteiger partial charge in [-0.2, -0.15) is 11.8 Å². The van der Waals surface area contributed by atoms with Crippen molar-refractivity contribution in [3.63, 3.8) is 0 Å². The molecule has 7 heteroatoms. The van der Waals surface area contributed by atoms with E-state index < -0.39 is 0 Å². The quantitative estimate of drug-likeness (QED) is 0.917. The Kier molecular flexibility index (Phi) is 4.83. The van der Waals surface area contributed by atoms with Gasteiger partial charge in [-0.1, -0.05) is 0 Å². The van der Waals surface area contributed by atoms with Crippen molar-refractivity contribution in [3.05, 3.63) is 15.4 Å². The summed E-state index contributed by atoms with van der Waals surface area (Å²) in [5.74, 6) is 0.756. The van der Waals surface area contributed by atoms with Crippen LogP contribution >= 0.6 is 43.6 Å². The summed E-state index contributed by atoms with van der Waals surface area (Å²) in [7, 11) is 0. The summed E-state index contributed by atoms with van der Waals surface area (Å²) in [5.41, 5.74) is 0. The Hall–Kier alpha value is -0.140. The van der Waals surface area contributed by atoms with Gasteiger partial charge in [-0.05, 0) is 38.1 Å². The molecule has 0 bridgehead atoms. The van der Waals surface area contributed by atoms with Crippen molar-refractivity contribution < 1.29 is 4.79 Å². The number of carbonyl (C=O) groups is 1. The molecule has 1 N–H and O–H groups in total. The van der Waals surface area contributed by atoms with Gasteiger partial charge in [-0.3, -0.25) is 4.79 Å². The topological polar surface area (TPSA) is 54.9 Å². The van der Waals surface area contributed by atoms with Gasteiger partial charge in [0.1, 0.15) is 9.21 Å². The smallest absolute Gasteiger partial charge is 0.235 e. The van der Waals surface area contributed by atoms with Crippen molar-refractivity contribution in [1.82, 2.24) is 9.97 Å². The zero-order valence-electron chi connectivity index (χ0n) is 7.25. The van der Waals surface area contributed by atoms with Gasteiger partial charge >= 0.3 is 0 Å². The van der Waals surface area contributed by atoms with Crippen LogP contribution in [0.15, 0.2) is 15.4 Å². The highest BCUT2D eigenvalue weighted by atomic mass is 79.9. The third-order valence-corrected chi connectivity index (χ3v) is 2.72. The van der Waals surface area contributed by atoms with Gasteiger partial charge in [0, 0.05) is 0 Å². The Morgan fingerprint density at radius 2 is 2.36 bits per heavy atom. The van der Waals surface area contributed by atoms with Crippen LogP contribution in [0.2, 0.25) is 0 Å². The van der Waals surface area contributed by atoms with E-state index in [2.05, 4.69) is 47.1 Å². The minimum Gasteiger partial charge on any atom is -0.308 e. The monoisotopic (exact) mass is 339 g/mol. The van der Waals surface area contributed by atoms with E-state index >= 15 is 0 Å². The van der Waals surface area contributed by atoms with Crippen molar-refractivity contribution in [1.29, 1.82) is 0 Å². The zero-order valence-corrected chi connectivity index (χ0v) is 11.2. The van der Waals surface area contributed by atoms with Crippen LogP contribution in [0.5, 0.6) is 0 Å². The highest BCUT2D eigenvalue weighted by molar-refractivity contribution is 9.11. The largest absolute Gasteiger partial charge is 0.308 e. The lowest BCUT2D eigenvalue weighted by Crippen LogP contribution is -2.15. The number of amides is 1. The summed E-state index contributed by atoms with van der Waals surface area (Å²) in [6.45, 7) is 0. The first-order valence-electron chi connectivity index (χ1n) is 3.60. The Labute approximate surface area is 103 Å². The zero-order chi connectivity index (χ0) is 10.6. The van der Waals surface area contributed by atoms with Crippen molar-refractivity contribution in [2.45, 2.75) is 0 Å². The molecule has 1 aromatic rings. The maximum absolute atomic E-state index is 11.2. The minimum absolute atomic E-state index is 0.0881. The van der Waals surface area contributed by atoms with E-state index in [9.17, 15) is 4.79 Å². The van der Waals surface area contributed by atoms with Crippen molar-refractivity contribution in [2.75, 3.05) is 17.3 Å². The van der Waals surface area contributed by atoms with E-state index in [1.807, 2.05) is 6.26 Å². The molecular formula is C7H7Br2N3OS. The summed E-state index contributed by atoms with van der Waals surface area (Å²) in [5, 5.41) is 2.64. The number of nitrogens with one attached hydrogen (secondary N) is 1. The molecule has 0 aromatic carbocycles. The highest BCUT2D eigenvalue weighted by Crippen LogP contribution is 2.19. The summed E-state index contributed by atoms with van der Waals surface area (Å²) >= 11 is 7.83. The Morgan fingerprint density at radius 1 is 1.64 bits per heavy atom. The molecule has 14 heavy (non-hydrogen) atoms. The number of thioether (sulfide) groups is 1. The van der Waals surface area contributed by atoms with Gasteiger partial charge in [0.15, 0.2) is 5.82 Å². The molecule has 4 nitrogen and oxygen atoms in total. The first-order valence-corrected chi connectivity index (χ1v) is 6.58. The maximum Gasteiger partial charge on any atom is 0.235 e. The molecule has 0 unspecified atom stereocenters. The molecule has 0 saturated carbocycles. The Morgan fingerprint density at radius 3 is 2.93 bits per heavy atom. The predicted octanol–water partition coefficient (Wildman–Crippen LogP) is 2.30. The number of halogens is 2. The van der Waals surface area contributed by atoms with Gasteiger partial charge in [0.05, 0.1) is 11.9 Å². The van der Waals surface area contributed by atoms with E-state index in [4.69, 9.17) is 0 Å².